The van der Waals surface area contributed by atoms with Gasteiger partial charge in [-0.05, 0) is 23.8 Å². The van der Waals surface area contributed by atoms with Gasteiger partial charge in [0.15, 0.2) is 0 Å². The van der Waals surface area contributed by atoms with Gasteiger partial charge < -0.3 is 0 Å². The molecule has 1 aromatic heterocycles. The molecule has 1 N–H and O–H groups in total. The van der Waals surface area contributed by atoms with Crippen molar-refractivity contribution in [3.8, 4) is 0 Å². The van der Waals surface area contributed by atoms with Crippen LogP contribution in [0.5, 0.6) is 0 Å². The zero-order valence-corrected chi connectivity index (χ0v) is 10.6. The van der Waals surface area contributed by atoms with Crippen LogP contribution in [0.1, 0.15) is 5.56 Å². The second-order valence-corrected chi connectivity index (χ2v) is 4.41. The highest BCUT2D eigenvalue weighted by molar-refractivity contribution is 5.88. The zero-order chi connectivity index (χ0) is 13.9. The number of carbonyl (C=O) groups excluding carboxylic acids is 1. The lowest BCUT2D eigenvalue weighted by Crippen LogP contribution is -2.24. The number of carbonyl (C=O) groups is 1. The van der Waals surface area contributed by atoms with Crippen molar-refractivity contribution in [3.05, 3.63) is 66.2 Å². The number of hydrogen-bond acceptors (Lipinski definition) is 2. The molecule has 0 saturated heterocycles. The summed E-state index contributed by atoms with van der Waals surface area (Å²) in [4.78, 5) is 16.1. The molecule has 0 atom stereocenters. The Bertz CT molecular complexity index is 766. The number of nitrogens with one attached hydrogen (secondary N) is 1. The average molecular weight is 269 g/mol. The highest BCUT2D eigenvalue weighted by atomic mass is 19.1. The molecule has 1 heterocycles. The van der Waals surface area contributed by atoms with E-state index in [0.717, 1.165) is 11.0 Å². The predicted molar refractivity (Wildman–Crippen MR) is 74.2 cm³/mol. The largest absolute Gasteiger partial charge is 0.273 e. The van der Waals surface area contributed by atoms with Crippen molar-refractivity contribution < 1.29 is 9.18 Å². The van der Waals surface area contributed by atoms with Gasteiger partial charge in [0.05, 0.1) is 17.5 Å². The number of benzene rings is 2. The second kappa shape index (κ2) is 5.13. The van der Waals surface area contributed by atoms with Crippen LogP contribution in [0.3, 0.4) is 0 Å². The lowest BCUT2D eigenvalue weighted by molar-refractivity contribution is -0.116. The summed E-state index contributed by atoms with van der Waals surface area (Å²) in [5.41, 5.74) is 4.65. The standard InChI is InChI=1S/C15H12FN3O/c16-12-6-2-1-5-11(12)9-15(20)18-19-10-17-13-7-3-4-8-14(13)19/h1-8,10H,9H2,(H,18,20). The molecular formula is C15H12FN3O. The van der Waals surface area contributed by atoms with Crippen LogP contribution in [-0.4, -0.2) is 15.6 Å². The Morgan fingerprint density at radius 1 is 1.15 bits per heavy atom. The van der Waals surface area contributed by atoms with Gasteiger partial charge in [-0.1, -0.05) is 30.3 Å². The third-order valence-electron chi connectivity index (χ3n) is 3.01. The summed E-state index contributed by atoms with van der Waals surface area (Å²) in [7, 11) is 0. The minimum atomic E-state index is -0.377. The van der Waals surface area contributed by atoms with Crippen LogP contribution in [0.2, 0.25) is 0 Å². The lowest BCUT2D eigenvalue weighted by atomic mass is 10.1. The van der Waals surface area contributed by atoms with Crippen LogP contribution < -0.4 is 5.43 Å². The summed E-state index contributed by atoms with van der Waals surface area (Å²) >= 11 is 0. The first-order valence-electron chi connectivity index (χ1n) is 6.19. The molecule has 2 aromatic carbocycles. The molecule has 0 bridgehead atoms. The van der Waals surface area contributed by atoms with Crippen molar-refractivity contribution in [3.63, 3.8) is 0 Å². The van der Waals surface area contributed by atoms with E-state index >= 15 is 0 Å². The van der Waals surface area contributed by atoms with E-state index in [2.05, 4.69) is 10.4 Å². The topological polar surface area (TPSA) is 46.9 Å². The summed E-state index contributed by atoms with van der Waals surface area (Å²) in [6.07, 6.45) is 1.52. The van der Waals surface area contributed by atoms with E-state index in [1.165, 1.54) is 12.4 Å². The van der Waals surface area contributed by atoms with Gasteiger partial charge >= 0.3 is 0 Å². The van der Waals surface area contributed by atoms with E-state index in [1.54, 1.807) is 22.9 Å². The Morgan fingerprint density at radius 3 is 2.75 bits per heavy atom. The quantitative estimate of drug-likeness (QED) is 0.794. The summed E-state index contributed by atoms with van der Waals surface area (Å²) in [6, 6.07) is 13.7. The second-order valence-electron chi connectivity index (χ2n) is 4.41. The molecule has 0 spiro atoms. The molecular weight excluding hydrogens is 257 g/mol. The Labute approximate surface area is 114 Å². The maximum atomic E-state index is 13.5. The van der Waals surface area contributed by atoms with E-state index in [-0.39, 0.29) is 18.1 Å². The van der Waals surface area contributed by atoms with Gasteiger partial charge in [0, 0.05) is 0 Å². The van der Waals surface area contributed by atoms with Crippen molar-refractivity contribution in [2.24, 2.45) is 0 Å². The molecule has 20 heavy (non-hydrogen) atoms. The van der Waals surface area contributed by atoms with Gasteiger partial charge in [0.25, 0.3) is 0 Å². The molecule has 0 radical (unpaired) electrons. The number of aromatic nitrogens is 2. The van der Waals surface area contributed by atoms with E-state index in [1.807, 2.05) is 24.3 Å². The Hall–Kier alpha value is -2.69. The molecule has 0 unspecified atom stereocenters. The van der Waals surface area contributed by atoms with Crippen LogP contribution in [0.25, 0.3) is 11.0 Å². The first-order chi connectivity index (χ1) is 9.74. The normalized spacial score (nSPS) is 10.7. The SMILES string of the molecule is O=C(Cc1ccccc1F)Nn1cnc2ccccc21. The van der Waals surface area contributed by atoms with Gasteiger partial charge in [-0.15, -0.1) is 0 Å². The summed E-state index contributed by atoms with van der Waals surface area (Å²) < 4.78 is 15.0. The van der Waals surface area contributed by atoms with E-state index < -0.39 is 0 Å². The zero-order valence-electron chi connectivity index (χ0n) is 10.6. The summed E-state index contributed by atoms with van der Waals surface area (Å²) in [5.74, 6) is -0.670. The number of fused-ring (bicyclic) bond motifs is 1. The van der Waals surface area contributed by atoms with E-state index in [4.69, 9.17) is 0 Å². The van der Waals surface area contributed by atoms with Gasteiger partial charge in [-0.3, -0.25) is 10.2 Å². The Morgan fingerprint density at radius 2 is 1.90 bits per heavy atom. The molecule has 0 aliphatic carbocycles. The van der Waals surface area contributed by atoms with Crippen molar-refractivity contribution in [1.29, 1.82) is 0 Å². The number of halogens is 1. The van der Waals surface area contributed by atoms with Crippen molar-refractivity contribution in [2.75, 3.05) is 5.43 Å². The lowest BCUT2D eigenvalue weighted by Gasteiger charge is -2.07. The van der Waals surface area contributed by atoms with Gasteiger partial charge in [-0.25, -0.2) is 14.1 Å². The molecule has 0 aliphatic rings. The van der Waals surface area contributed by atoms with Crippen molar-refractivity contribution in [2.45, 2.75) is 6.42 Å². The Kier molecular flexibility index (Phi) is 3.16. The maximum absolute atomic E-state index is 13.5. The number of amides is 1. The molecule has 0 aliphatic heterocycles. The summed E-state index contributed by atoms with van der Waals surface area (Å²) in [5, 5.41) is 0. The molecule has 0 saturated carbocycles. The molecule has 100 valence electrons. The predicted octanol–water partition coefficient (Wildman–Crippen LogP) is 2.49. The summed E-state index contributed by atoms with van der Waals surface area (Å²) in [6.45, 7) is 0. The number of nitrogens with zero attached hydrogens (tertiary/aromatic N) is 2. The molecule has 4 nitrogen and oxygen atoms in total. The van der Waals surface area contributed by atoms with Crippen LogP contribution in [0.15, 0.2) is 54.9 Å². The Balaban J connectivity index is 1.78. The number of hydrogen-bond donors (Lipinski definition) is 1. The number of rotatable bonds is 3. The maximum Gasteiger partial charge on any atom is 0.243 e. The monoisotopic (exact) mass is 269 g/mol. The number of imidazole rings is 1. The third kappa shape index (κ3) is 2.38. The average Bonchev–Trinajstić information content (AvgIpc) is 2.85. The van der Waals surface area contributed by atoms with Crippen molar-refractivity contribution in [1.82, 2.24) is 9.66 Å². The van der Waals surface area contributed by atoms with E-state index in [9.17, 15) is 9.18 Å². The molecule has 5 heteroatoms. The molecule has 0 fully saturated rings. The number of para-hydroxylation sites is 2. The molecule has 3 rings (SSSR count). The fourth-order valence-electron chi connectivity index (χ4n) is 2.04. The van der Waals surface area contributed by atoms with Gasteiger partial charge in [0.2, 0.25) is 5.91 Å². The fraction of sp³-hybridized carbons (Fsp3) is 0.0667. The van der Waals surface area contributed by atoms with Gasteiger partial charge in [-0.2, -0.15) is 0 Å². The first-order valence-corrected chi connectivity index (χ1v) is 6.19. The minimum Gasteiger partial charge on any atom is -0.273 e. The van der Waals surface area contributed by atoms with Crippen LogP contribution in [0.4, 0.5) is 4.39 Å². The highest BCUT2D eigenvalue weighted by Gasteiger charge is 2.09. The third-order valence-corrected chi connectivity index (χ3v) is 3.01. The van der Waals surface area contributed by atoms with E-state index in [0.29, 0.717) is 5.56 Å². The highest BCUT2D eigenvalue weighted by Crippen LogP contribution is 2.11. The van der Waals surface area contributed by atoms with Crippen LogP contribution in [-0.2, 0) is 11.2 Å². The minimum absolute atomic E-state index is 0.0147. The fourth-order valence-corrected chi connectivity index (χ4v) is 2.04. The van der Waals surface area contributed by atoms with Crippen molar-refractivity contribution >= 4 is 16.9 Å². The molecule has 1 amide bonds. The molecule has 3 aromatic rings. The van der Waals surface area contributed by atoms with Crippen LogP contribution in [0, 0.1) is 5.82 Å². The first kappa shape index (κ1) is 12.3. The smallest absolute Gasteiger partial charge is 0.243 e. The van der Waals surface area contributed by atoms with Crippen LogP contribution >= 0.6 is 0 Å². The van der Waals surface area contributed by atoms with Gasteiger partial charge in [0.1, 0.15) is 12.1 Å².